The Kier molecular flexibility index (Phi) is 4.43. The molecule has 7 heteroatoms. The van der Waals surface area contributed by atoms with Gasteiger partial charge in [0.2, 0.25) is 0 Å². The van der Waals surface area contributed by atoms with Crippen molar-refractivity contribution in [3.8, 4) is 11.3 Å². The Balaban J connectivity index is 2.20. The summed E-state index contributed by atoms with van der Waals surface area (Å²) in [6, 6.07) is 13.2. The molecule has 0 atom stereocenters. The van der Waals surface area contributed by atoms with E-state index in [1.54, 1.807) is 17.5 Å². The van der Waals surface area contributed by atoms with Gasteiger partial charge in [0.05, 0.1) is 18.0 Å². The third-order valence-corrected chi connectivity index (χ3v) is 4.62. The zero-order valence-electron chi connectivity index (χ0n) is 16.0. The number of hydrogen-bond acceptors (Lipinski definition) is 5. The highest BCUT2D eigenvalue weighted by molar-refractivity contribution is 5.98. The van der Waals surface area contributed by atoms with Crippen LogP contribution in [0.3, 0.4) is 0 Å². The first kappa shape index (κ1) is 17.9. The predicted octanol–water partition coefficient (Wildman–Crippen LogP) is 3.22. The lowest BCUT2D eigenvalue weighted by molar-refractivity contribution is 0.0524. The Bertz CT molecular complexity index is 1260. The molecule has 0 saturated heterocycles. The average molecular weight is 376 g/mol. The van der Waals surface area contributed by atoms with Crippen molar-refractivity contribution in [1.29, 1.82) is 0 Å². The molecule has 0 spiro atoms. The molecule has 142 valence electrons. The number of rotatable bonds is 4. The summed E-state index contributed by atoms with van der Waals surface area (Å²) in [6.45, 7) is 6.04. The third kappa shape index (κ3) is 2.76. The summed E-state index contributed by atoms with van der Waals surface area (Å²) in [5.74, 6) is -0.632. The van der Waals surface area contributed by atoms with Crippen molar-refractivity contribution >= 4 is 22.6 Å². The fourth-order valence-electron chi connectivity index (χ4n) is 3.43. The maximum atomic E-state index is 12.9. The number of carbonyl (C=O) groups is 1. The monoisotopic (exact) mass is 376 g/mol. The van der Waals surface area contributed by atoms with Gasteiger partial charge >= 0.3 is 5.97 Å². The zero-order chi connectivity index (χ0) is 19.8. The SMILES string of the molecule is CCOC(=O)c1cc2c(-c3ccccc3)n3nc(C)cc3nc2n(CC)c1=O. The molecule has 0 N–H and O–H groups in total. The van der Waals surface area contributed by atoms with Crippen LogP contribution in [-0.2, 0) is 11.3 Å². The lowest BCUT2D eigenvalue weighted by atomic mass is 10.1. The molecule has 4 rings (SSSR count). The fraction of sp³-hybridized carbons (Fsp3) is 0.238. The van der Waals surface area contributed by atoms with Gasteiger partial charge in [-0.25, -0.2) is 14.3 Å². The second kappa shape index (κ2) is 6.92. The number of benzene rings is 1. The van der Waals surface area contributed by atoms with E-state index < -0.39 is 11.5 Å². The molecule has 0 amide bonds. The highest BCUT2D eigenvalue weighted by Gasteiger charge is 2.21. The van der Waals surface area contributed by atoms with Crippen molar-refractivity contribution in [2.45, 2.75) is 27.3 Å². The number of carbonyl (C=O) groups excluding carboxylic acids is 1. The number of ether oxygens (including phenoxy) is 1. The average Bonchev–Trinajstić information content (AvgIpc) is 3.06. The molecule has 4 aromatic rings. The smallest absolute Gasteiger partial charge is 0.343 e. The first-order valence-electron chi connectivity index (χ1n) is 9.21. The molecule has 3 heterocycles. The van der Waals surface area contributed by atoms with E-state index in [1.807, 2.05) is 50.2 Å². The first-order chi connectivity index (χ1) is 13.5. The Morgan fingerprint density at radius 3 is 2.57 bits per heavy atom. The normalized spacial score (nSPS) is 11.2. The van der Waals surface area contributed by atoms with Gasteiger partial charge in [-0.15, -0.1) is 0 Å². The van der Waals surface area contributed by atoms with Crippen LogP contribution in [0.4, 0.5) is 0 Å². The Hall–Kier alpha value is -3.48. The molecular weight excluding hydrogens is 356 g/mol. The summed E-state index contributed by atoms with van der Waals surface area (Å²) in [5, 5.41) is 5.25. The molecule has 3 aromatic heterocycles. The molecule has 0 aliphatic rings. The molecule has 1 aromatic carbocycles. The van der Waals surface area contributed by atoms with Crippen LogP contribution in [0.2, 0.25) is 0 Å². The van der Waals surface area contributed by atoms with E-state index in [1.165, 1.54) is 4.57 Å². The zero-order valence-corrected chi connectivity index (χ0v) is 16.0. The maximum absolute atomic E-state index is 12.9. The standard InChI is InChI=1S/C21H20N4O3/c1-4-24-19-15(12-16(20(24)26)21(27)28-5-2)18(14-9-7-6-8-10-14)25-17(22-19)11-13(3)23-25/h6-12H,4-5H2,1-3H3. The third-order valence-electron chi connectivity index (χ3n) is 4.62. The van der Waals surface area contributed by atoms with E-state index in [0.717, 1.165) is 17.0 Å². The quantitative estimate of drug-likeness (QED) is 0.511. The number of hydrogen-bond donors (Lipinski definition) is 0. The van der Waals surface area contributed by atoms with Crippen molar-refractivity contribution in [3.05, 3.63) is 64.1 Å². The van der Waals surface area contributed by atoms with Gasteiger partial charge in [0.1, 0.15) is 11.2 Å². The van der Waals surface area contributed by atoms with E-state index in [0.29, 0.717) is 23.2 Å². The lowest BCUT2D eigenvalue weighted by Crippen LogP contribution is -2.28. The van der Waals surface area contributed by atoms with Crippen LogP contribution in [0.1, 0.15) is 29.9 Å². The molecule has 0 aliphatic heterocycles. The first-order valence-corrected chi connectivity index (χ1v) is 9.21. The molecule has 0 radical (unpaired) electrons. The summed E-state index contributed by atoms with van der Waals surface area (Å²) < 4.78 is 8.37. The van der Waals surface area contributed by atoms with Crippen LogP contribution < -0.4 is 5.56 Å². The number of aromatic nitrogens is 4. The molecule has 28 heavy (non-hydrogen) atoms. The van der Waals surface area contributed by atoms with Gasteiger partial charge in [0, 0.05) is 23.6 Å². The summed E-state index contributed by atoms with van der Waals surface area (Å²) in [4.78, 5) is 30.0. The molecule has 7 nitrogen and oxygen atoms in total. The van der Waals surface area contributed by atoms with Crippen molar-refractivity contribution in [2.75, 3.05) is 6.61 Å². The minimum absolute atomic E-state index is 0.00147. The van der Waals surface area contributed by atoms with Crippen LogP contribution in [0.25, 0.3) is 27.9 Å². The summed E-state index contributed by atoms with van der Waals surface area (Å²) in [6.07, 6.45) is 0. The second-order valence-corrected chi connectivity index (χ2v) is 6.45. The van der Waals surface area contributed by atoms with Crippen molar-refractivity contribution in [3.63, 3.8) is 0 Å². The van der Waals surface area contributed by atoms with E-state index in [9.17, 15) is 9.59 Å². The topological polar surface area (TPSA) is 78.5 Å². The van der Waals surface area contributed by atoms with Crippen molar-refractivity contribution < 1.29 is 9.53 Å². The van der Waals surface area contributed by atoms with Gasteiger partial charge in [-0.1, -0.05) is 30.3 Å². The van der Waals surface area contributed by atoms with Crippen LogP contribution in [-0.4, -0.2) is 31.7 Å². The van der Waals surface area contributed by atoms with Gasteiger partial charge in [0.25, 0.3) is 5.56 Å². The van der Waals surface area contributed by atoms with Gasteiger partial charge in [-0.2, -0.15) is 5.10 Å². The number of pyridine rings is 1. The largest absolute Gasteiger partial charge is 0.462 e. The van der Waals surface area contributed by atoms with E-state index >= 15 is 0 Å². The Morgan fingerprint density at radius 2 is 1.89 bits per heavy atom. The van der Waals surface area contributed by atoms with Gasteiger partial charge < -0.3 is 4.74 Å². The Labute approximate surface area is 161 Å². The minimum Gasteiger partial charge on any atom is -0.462 e. The van der Waals surface area contributed by atoms with E-state index in [4.69, 9.17) is 4.74 Å². The Morgan fingerprint density at radius 1 is 1.14 bits per heavy atom. The van der Waals surface area contributed by atoms with E-state index in [2.05, 4.69) is 10.1 Å². The maximum Gasteiger partial charge on any atom is 0.343 e. The van der Waals surface area contributed by atoms with Crippen LogP contribution >= 0.6 is 0 Å². The number of esters is 1. The van der Waals surface area contributed by atoms with Crippen LogP contribution in [0.5, 0.6) is 0 Å². The van der Waals surface area contributed by atoms with Gasteiger partial charge in [0.15, 0.2) is 5.65 Å². The van der Waals surface area contributed by atoms with Crippen LogP contribution in [0.15, 0.2) is 47.3 Å². The number of fused-ring (bicyclic) bond motifs is 2. The highest BCUT2D eigenvalue weighted by atomic mass is 16.5. The van der Waals surface area contributed by atoms with Gasteiger partial charge in [-0.05, 0) is 26.8 Å². The van der Waals surface area contributed by atoms with Gasteiger partial charge in [-0.3, -0.25) is 9.36 Å². The van der Waals surface area contributed by atoms with E-state index in [-0.39, 0.29) is 12.2 Å². The predicted molar refractivity (Wildman–Crippen MR) is 107 cm³/mol. The summed E-state index contributed by atoms with van der Waals surface area (Å²) in [7, 11) is 0. The minimum atomic E-state index is -0.632. The lowest BCUT2D eigenvalue weighted by Gasteiger charge is -2.14. The number of nitrogens with zero attached hydrogens (tertiary/aromatic N) is 4. The second-order valence-electron chi connectivity index (χ2n) is 6.45. The fourth-order valence-corrected chi connectivity index (χ4v) is 3.43. The molecule has 0 fully saturated rings. The molecule has 0 bridgehead atoms. The molecular formula is C21H20N4O3. The number of aryl methyl sites for hydroxylation is 2. The molecule has 0 saturated carbocycles. The molecule has 0 aliphatic carbocycles. The van der Waals surface area contributed by atoms with Crippen molar-refractivity contribution in [1.82, 2.24) is 19.2 Å². The van der Waals surface area contributed by atoms with Crippen LogP contribution in [0, 0.1) is 6.92 Å². The molecule has 0 unspecified atom stereocenters. The highest BCUT2D eigenvalue weighted by Crippen LogP contribution is 2.29. The summed E-state index contributed by atoms with van der Waals surface area (Å²) in [5.41, 5.74) is 3.27. The van der Waals surface area contributed by atoms with Crippen molar-refractivity contribution in [2.24, 2.45) is 0 Å². The summed E-state index contributed by atoms with van der Waals surface area (Å²) >= 11 is 0.